The molecule has 0 N–H and O–H groups in total. The Hall–Kier alpha value is 0.840. The summed E-state index contributed by atoms with van der Waals surface area (Å²) >= 11 is 8.61. The molecule has 0 bridgehead atoms. The van der Waals surface area contributed by atoms with Crippen LogP contribution in [0.4, 0.5) is 4.39 Å². The Morgan fingerprint density at radius 3 is 2.64 bits per heavy atom. The Balaban J connectivity index is 3.21. The minimum Gasteiger partial charge on any atom is -0.207 e. The molecule has 0 aliphatic heterocycles. The lowest BCUT2D eigenvalue weighted by Crippen LogP contribution is -1.87. The van der Waals surface area contributed by atoms with Crippen LogP contribution >= 0.6 is 54.5 Å². The van der Waals surface area contributed by atoms with Crippen LogP contribution in [0.3, 0.4) is 0 Å². The highest BCUT2D eigenvalue weighted by molar-refractivity contribution is 14.1. The van der Waals surface area contributed by atoms with Crippen molar-refractivity contribution in [2.24, 2.45) is 0 Å². The number of benzene rings is 1. The first-order valence-electron chi connectivity index (χ1n) is 2.84. The molecule has 0 unspecified atom stereocenters. The number of hydrogen-bond acceptors (Lipinski definition) is 0. The molecule has 0 radical (unpaired) electrons. The average molecular weight is 394 g/mol. The molecule has 0 heterocycles. The third-order valence-electron chi connectivity index (χ3n) is 1.23. The van der Waals surface area contributed by atoms with Gasteiger partial charge in [0.1, 0.15) is 5.82 Å². The predicted molar refractivity (Wildman–Crippen MR) is 59.4 cm³/mol. The fourth-order valence-corrected chi connectivity index (χ4v) is 1.94. The van der Waals surface area contributed by atoms with E-state index in [0.717, 1.165) is 8.04 Å². The third kappa shape index (κ3) is 2.39. The average Bonchev–Trinajstić information content (AvgIpc) is 1.97. The molecule has 0 atom stereocenters. The SMILES string of the molecule is Fc1cc(Br)c(I)cc1CBr. The minimum atomic E-state index is -0.172. The van der Waals surface area contributed by atoms with Crippen molar-refractivity contribution in [1.82, 2.24) is 0 Å². The van der Waals surface area contributed by atoms with Gasteiger partial charge in [-0.3, -0.25) is 0 Å². The van der Waals surface area contributed by atoms with Crippen LogP contribution in [0.15, 0.2) is 16.6 Å². The van der Waals surface area contributed by atoms with E-state index in [1.165, 1.54) is 6.07 Å². The summed E-state index contributed by atoms with van der Waals surface area (Å²) in [7, 11) is 0. The van der Waals surface area contributed by atoms with Gasteiger partial charge < -0.3 is 0 Å². The van der Waals surface area contributed by atoms with Gasteiger partial charge in [-0.15, -0.1) is 0 Å². The molecule has 60 valence electrons. The Morgan fingerprint density at radius 2 is 2.09 bits per heavy atom. The van der Waals surface area contributed by atoms with Gasteiger partial charge in [-0.25, -0.2) is 4.39 Å². The molecule has 1 aromatic rings. The zero-order valence-corrected chi connectivity index (χ0v) is 10.7. The highest BCUT2D eigenvalue weighted by Crippen LogP contribution is 2.23. The fourth-order valence-electron chi connectivity index (χ4n) is 0.666. The molecule has 0 aliphatic rings. The molecule has 11 heavy (non-hydrogen) atoms. The molecule has 0 aliphatic carbocycles. The monoisotopic (exact) mass is 392 g/mol. The molecule has 0 spiro atoms. The molecule has 4 heteroatoms. The molecule has 0 amide bonds. The van der Waals surface area contributed by atoms with Gasteiger partial charge in [0.2, 0.25) is 0 Å². The lowest BCUT2D eigenvalue weighted by Gasteiger charge is -2.01. The third-order valence-corrected chi connectivity index (χ3v) is 4.13. The Kier molecular flexibility index (Phi) is 3.77. The van der Waals surface area contributed by atoms with Crippen LogP contribution < -0.4 is 0 Å². The normalized spacial score (nSPS) is 10.2. The smallest absolute Gasteiger partial charge is 0.128 e. The maximum absolute atomic E-state index is 13.0. The Bertz CT molecular complexity index is 275. The number of alkyl halides is 1. The number of halogens is 4. The molecular weight excluding hydrogens is 390 g/mol. The van der Waals surface area contributed by atoms with Crippen LogP contribution in [0.25, 0.3) is 0 Å². The molecule has 0 fully saturated rings. The lowest BCUT2D eigenvalue weighted by atomic mass is 10.2. The number of rotatable bonds is 1. The highest BCUT2D eigenvalue weighted by atomic mass is 127. The van der Waals surface area contributed by atoms with Gasteiger partial charge in [0.15, 0.2) is 0 Å². The second kappa shape index (κ2) is 4.18. The summed E-state index contributed by atoms with van der Waals surface area (Å²) in [5.41, 5.74) is 0.692. The molecule has 0 nitrogen and oxygen atoms in total. The first kappa shape index (κ1) is 9.92. The van der Waals surface area contributed by atoms with Crippen LogP contribution in [0.5, 0.6) is 0 Å². The first-order valence-corrected chi connectivity index (χ1v) is 5.84. The van der Waals surface area contributed by atoms with E-state index < -0.39 is 0 Å². The molecule has 0 saturated carbocycles. The lowest BCUT2D eigenvalue weighted by molar-refractivity contribution is 0.616. The van der Waals surface area contributed by atoms with Gasteiger partial charge >= 0.3 is 0 Å². The van der Waals surface area contributed by atoms with Gasteiger partial charge in [-0.1, -0.05) is 15.9 Å². The predicted octanol–water partition coefficient (Wildman–Crippen LogP) is 4.09. The van der Waals surface area contributed by atoms with Crippen LogP contribution in [-0.2, 0) is 5.33 Å². The summed E-state index contributed by atoms with van der Waals surface area (Å²) in [5.74, 6) is -0.172. The van der Waals surface area contributed by atoms with Gasteiger partial charge in [-0.2, -0.15) is 0 Å². The van der Waals surface area contributed by atoms with Gasteiger partial charge in [0, 0.05) is 13.4 Å². The first-order chi connectivity index (χ1) is 5.15. The second-order valence-corrected chi connectivity index (χ2v) is 4.57. The van der Waals surface area contributed by atoms with E-state index in [-0.39, 0.29) is 5.82 Å². The van der Waals surface area contributed by atoms with Crippen molar-refractivity contribution in [2.45, 2.75) is 5.33 Å². The van der Waals surface area contributed by atoms with E-state index in [1.807, 2.05) is 6.07 Å². The van der Waals surface area contributed by atoms with Crippen molar-refractivity contribution in [1.29, 1.82) is 0 Å². The summed E-state index contributed by atoms with van der Waals surface area (Å²) in [6, 6.07) is 3.30. The topological polar surface area (TPSA) is 0 Å². The Morgan fingerprint density at radius 1 is 1.45 bits per heavy atom. The van der Waals surface area contributed by atoms with Crippen molar-refractivity contribution < 1.29 is 4.39 Å². The van der Waals surface area contributed by atoms with Crippen molar-refractivity contribution >= 4 is 54.5 Å². The highest BCUT2D eigenvalue weighted by Gasteiger charge is 2.04. The van der Waals surface area contributed by atoms with Crippen molar-refractivity contribution in [3.63, 3.8) is 0 Å². The van der Waals surface area contributed by atoms with E-state index in [1.54, 1.807) is 0 Å². The summed E-state index contributed by atoms with van der Waals surface area (Å²) in [6.45, 7) is 0. The van der Waals surface area contributed by atoms with Gasteiger partial charge in [0.05, 0.1) is 0 Å². The summed E-state index contributed by atoms with van der Waals surface area (Å²) < 4.78 is 14.8. The van der Waals surface area contributed by atoms with E-state index in [0.29, 0.717) is 10.9 Å². The van der Waals surface area contributed by atoms with Crippen LogP contribution in [0.1, 0.15) is 5.56 Å². The summed E-state index contributed by atoms with van der Waals surface area (Å²) in [5, 5.41) is 0.558. The van der Waals surface area contributed by atoms with Crippen LogP contribution in [-0.4, -0.2) is 0 Å². The number of hydrogen-bond donors (Lipinski definition) is 0. The zero-order valence-electron chi connectivity index (χ0n) is 5.37. The standard InChI is InChI=1S/C7H4Br2FI/c8-3-4-1-7(11)5(9)2-6(4)10/h1-2H,3H2. The van der Waals surface area contributed by atoms with E-state index >= 15 is 0 Å². The van der Waals surface area contributed by atoms with E-state index in [9.17, 15) is 4.39 Å². The Labute approximate surface area is 95.0 Å². The minimum absolute atomic E-state index is 0.172. The van der Waals surface area contributed by atoms with Crippen molar-refractivity contribution in [3.05, 3.63) is 31.6 Å². The molecule has 1 rings (SSSR count). The van der Waals surface area contributed by atoms with Gasteiger partial charge in [0.25, 0.3) is 0 Å². The van der Waals surface area contributed by atoms with E-state index in [4.69, 9.17) is 0 Å². The van der Waals surface area contributed by atoms with Crippen molar-refractivity contribution in [2.75, 3.05) is 0 Å². The molecule has 1 aromatic carbocycles. The van der Waals surface area contributed by atoms with Crippen LogP contribution in [0, 0.1) is 9.39 Å². The molecule has 0 aromatic heterocycles. The quantitative estimate of drug-likeness (QED) is 0.383. The zero-order chi connectivity index (χ0) is 8.43. The summed E-state index contributed by atoms with van der Waals surface area (Å²) in [4.78, 5) is 0. The van der Waals surface area contributed by atoms with E-state index in [2.05, 4.69) is 54.5 Å². The molecule has 0 saturated heterocycles. The molecular formula is C7H4Br2FI. The largest absolute Gasteiger partial charge is 0.207 e. The maximum Gasteiger partial charge on any atom is 0.128 e. The maximum atomic E-state index is 13.0. The summed E-state index contributed by atoms with van der Waals surface area (Å²) in [6.07, 6.45) is 0. The van der Waals surface area contributed by atoms with Crippen molar-refractivity contribution in [3.8, 4) is 0 Å². The van der Waals surface area contributed by atoms with Gasteiger partial charge in [-0.05, 0) is 56.2 Å². The van der Waals surface area contributed by atoms with Crippen LogP contribution in [0.2, 0.25) is 0 Å². The second-order valence-electron chi connectivity index (χ2n) is 1.99. The fraction of sp³-hybridized carbons (Fsp3) is 0.143.